The minimum atomic E-state index is -0.575. The minimum absolute atomic E-state index is 0.119. The van der Waals surface area contributed by atoms with E-state index < -0.39 is 16.7 Å². The maximum Gasteiger partial charge on any atom is 0.269 e. The van der Waals surface area contributed by atoms with E-state index in [9.17, 15) is 19.7 Å². The number of hydrogen-bond donors (Lipinski definition) is 2. The minimum Gasteiger partial charge on any atom is -0.380 e. The van der Waals surface area contributed by atoms with Crippen LogP contribution in [0.4, 0.5) is 5.69 Å². The van der Waals surface area contributed by atoms with Crippen LogP contribution in [0.1, 0.15) is 26.3 Å². The molecule has 0 aromatic heterocycles. The number of methoxy groups -OCH3 is 1. The fraction of sp³-hybridized carbons (Fsp3) is 0.125. The summed E-state index contributed by atoms with van der Waals surface area (Å²) in [6.07, 6.45) is 0. The first-order valence-corrected chi connectivity index (χ1v) is 6.94. The number of nitro groups is 1. The summed E-state index contributed by atoms with van der Waals surface area (Å²) in [5.74, 6) is -1.05. The Morgan fingerprint density at radius 1 is 0.958 bits per heavy atom. The molecular weight excluding hydrogens is 314 g/mol. The normalized spacial score (nSPS) is 10.0. The van der Waals surface area contributed by atoms with Gasteiger partial charge in [0.2, 0.25) is 0 Å². The van der Waals surface area contributed by atoms with Gasteiger partial charge in [-0.2, -0.15) is 0 Å². The van der Waals surface area contributed by atoms with Crippen molar-refractivity contribution in [2.45, 2.75) is 6.61 Å². The molecule has 124 valence electrons. The van der Waals surface area contributed by atoms with Crippen molar-refractivity contribution >= 4 is 17.5 Å². The zero-order valence-corrected chi connectivity index (χ0v) is 12.8. The number of amides is 2. The summed E-state index contributed by atoms with van der Waals surface area (Å²) < 4.78 is 4.98. The Hall–Kier alpha value is -3.26. The van der Waals surface area contributed by atoms with E-state index in [2.05, 4.69) is 10.9 Å². The van der Waals surface area contributed by atoms with E-state index in [1.165, 1.54) is 24.3 Å². The Balaban J connectivity index is 1.92. The van der Waals surface area contributed by atoms with Gasteiger partial charge >= 0.3 is 0 Å². The molecule has 2 aromatic rings. The highest BCUT2D eigenvalue weighted by Gasteiger charge is 2.11. The van der Waals surface area contributed by atoms with Crippen LogP contribution in [0.2, 0.25) is 0 Å². The van der Waals surface area contributed by atoms with E-state index in [1.807, 2.05) is 0 Å². The lowest BCUT2D eigenvalue weighted by Crippen LogP contribution is -2.41. The number of ether oxygens (including phenoxy) is 1. The Morgan fingerprint density at radius 2 is 1.42 bits per heavy atom. The van der Waals surface area contributed by atoms with Crippen LogP contribution in [0, 0.1) is 10.1 Å². The molecule has 2 rings (SSSR count). The largest absolute Gasteiger partial charge is 0.380 e. The lowest BCUT2D eigenvalue weighted by Gasteiger charge is -2.08. The number of nitrogens with one attached hydrogen (secondary N) is 2. The molecule has 0 bridgehead atoms. The first-order valence-electron chi connectivity index (χ1n) is 6.94. The second-order valence-corrected chi connectivity index (χ2v) is 4.84. The van der Waals surface area contributed by atoms with Crippen molar-refractivity contribution in [1.29, 1.82) is 0 Å². The predicted octanol–water partition coefficient (Wildman–Crippen LogP) is 1.82. The van der Waals surface area contributed by atoms with Crippen molar-refractivity contribution in [3.63, 3.8) is 0 Å². The molecule has 0 fully saturated rings. The average molecular weight is 329 g/mol. The molecule has 0 aliphatic heterocycles. The fourth-order valence-corrected chi connectivity index (χ4v) is 1.91. The van der Waals surface area contributed by atoms with Gasteiger partial charge < -0.3 is 4.74 Å². The molecule has 24 heavy (non-hydrogen) atoms. The van der Waals surface area contributed by atoms with Crippen LogP contribution in [0.25, 0.3) is 0 Å². The first kappa shape index (κ1) is 17.1. The van der Waals surface area contributed by atoms with Crippen molar-refractivity contribution < 1.29 is 19.2 Å². The van der Waals surface area contributed by atoms with Gasteiger partial charge in [-0.3, -0.25) is 30.6 Å². The summed E-state index contributed by atoms with van der Waals surface area (Å²) in [6.45, 7) is 0.443. The van der Waals surface area contributed by atoms with Gasteiger partial charge in [0.15, 0.2) is 0 Å². The highest BCUT2D eigenvalue weighted by Crippen LogP contribution is 2.11. The zero-order chi connectivity index (χ0) is 17.5. The van der Waals surface area contributed by atoms with Crippen molar-refractivity contribution in [3.05, 3.63) is 75.3 Å². The maximum absolute atomic E-state index is 11.9. The highest BCUT2D eigenvalue weighted by atomic mass is 16.6. The topological polar surface area (TPSA) is 111 Å². The molecule has 0 heterocycles. The van der Waals surface area contributed by atoms with Crippen molar-refractivity contribution in [3.8, 4) is 0 Å². The van der Waals surface area contributed by atoms with Crippen LogP contribution >= 0.6 is 0 Å². The summed E-state index contributed by atoms with van der Waals surface area (Å²) in [4.78, 5) is 33.8. The number of rotatable bonds is 5. The number of hydrazine groups is 1. The summed E-state index contributed by atoms with van der Waals surface area (Å²) in [6, 6.07) is 11.8. The standard InChI is InChI=1S/C16H15N3O5/c1-24-10-11-2-4-12(5-3-11)15(20)17-18-16(21)13-6-8-14(9-7-13)19(22)23/h2-9H,10H2,1H3,(H,17,20)(H,18,21). The van der Waals surface area contributed by atoms with Gasteiger partial charge in [-0.25, -0.2) is 0 Å². The molecule has 0 unspecified atom stereocenters. The van der Waals surface area contributed by atoms with Crippen molar-refractivity contribution in [1.82, 2.24) is 10.9 Å². The third-order valence-electron chi connectivity index (χ3n) is 3.16. The summed E-state index contributed by atoms with van der Waals surface area (Å²) in [5.41, 5.74) is 5.90. The SMILES string of the molecule is COCc1ccc(C(=O)NNC(=O)c2ccc([N+](=O)[O-])cc2)cc1. The molecule has 0 radical (unpaired) electrons. The van der Waals surface area contributed by atoms with E-state index in [0.717, 1.165) is 5.56 Å². The van der Waals surface area contributed by atoms with Gasteiger partial charge in [0.25, 0.3) is 17.5 Å². The fourth-order valence-electron chi connectivity index (χ4n) is 1.91. The Labute approximate surface area is 137 Å². The average Bonchev–Trinajstić information content (AvgIpc) is 2.60. The Morgan fingerprint density at radius 3 is 1.83 bits per heavy atom. The van der Waals surface area contributed by atoms with Crippen LogP contribution < -0.4 is 10.9 Å². The number of nitro benzene ring substituents is 1. The van der Waals surface area contributed by atoms with Crippen LogP contribution in [0.15, 0.2) is 48.5 Å². The number of non-ortho nitro benzene ring substituents is 1. The molecule has 8 heteroatoms. The third-order valence-corrected chi connectivity index (χ3v) is 3.16. The van der Waals surface area contributed by atoms with Crippen LogP contribution in [-0.2, 0) is 11.3 Å². The zero-order valence-electron chi connectivity index (χ0n) is 12.8. The van der Waals surface area contributed by atoms with Crippen molar-refractivity contribution in [2.24, 2.45) is 0 Å². The molecule has 0 aliphatic rings. The monoisotopic (exact) mass is 329 g/mol. The molecular formula is C16H15N3O5. The number of nitrogens with zero attached hydrogens (tertiary/aromatic N) is 1. The smallest absolute Gasteiger partial charge is 0.269 e. The quantitative estimate of drug-likeness (QED) is 0.642. The number of carbonyl (C=O) groups excluding carboxylic acids is 2. The van der Waals surface area contributed by atoms with Crippen molar-refractivity contribution in [2.75, 3.05) is 7.11 Å². The molecule has 0 aliphatic carbocycles. The molecule has 0 saturated heterocycles. The van der Waals surface area contributed by atoms with E-state index in [-0.39, 0.29) is 11.3 Å². The molecule has 2 N–H and O–H groups in total. The van der Waals surface area contributed by atoms with E-state index in [0.29, 0.717) is 12.2 Å². The molecule has 8 nitrogen and oxygen atoms in total. The summed E-state index contributed by atoms with van der Waals surface area (Å²) >= 11 is 0. The van der Waals surface area contributed by atoms with Crippen LogP contribution in [0.5, 0.6) is 0 Å². The molecule has 0 atom stereocenters. The van der Waals surface area contributed by atoms with Gasteiger partial charge in [0, 0.05) is 30.4 Å². The van der Waals surface area contributed by atoms with Crippen LogP contribution in [-0.4, -0.2) is 23.8 Å². The summed E-state index contributed by atoms with van der Waals surface area (Å²) in [5, 5.41) is 10.6. The molecule has 2 amide bonds. The van der Waals surface area contributed by atoms with Gasteiger partial charge in [0.1, 0.15) is 0 Å². The lowest BCUT2D eigenvalue weighted by molar-refractivity contribution is -0.384. The maximum atomic E-state index is 11.9. The molecule has 0 spiro atoms. The second-order valence-electron chi connectivity index (χ2n) is 4.84. The molecule has 0 saturated carbocycles. The number of hydrogen-bond acceptors (Lipinski definition) is 5. The van der Waals surface area contributed by atoms with Gasteiger partial charge in [-0.1, -0.05) is 12.1 Å². The number of carbonyl (C=O) groups is 2. The lowest BCUT2D eigenvalue weighted by atomic mass is 10.1. The summed E-state index contributed by atoms with van der Waals surface area (Å²) in [7, 11) is 1.58. The van der Waals surface area contributed by atoms with E-state index >= 15 is 0 Å². The predicted molar refractivity (Wildman–Crippen MR) is 85.2 cm³/mol. The molecule has 2 aromatic carbocycles. The number of benzene rings is 2. The van der Waals surface area contributed by atoms with E-state index in [4.69, 9.17) is 4.74 Å². The van der Waals surface area contributed by atoms with E-state index in [1.54, 1.807) is 31.4 Å². The highest BCUT2D eigenvalue weighted by molar-refractivity contribution is 5.99. The van der Waals surface area contributed by atoms with Crippen LogP contribution in [0.3, 0.4) is 0 Å². The Bertz CT molecular complexity index is 741. The first-order chi connectivity index (χ1) is 11.5. The van der Waals surface area contributed by atoms with Gasteiger partial charge in [-0.05, 0) is 29.8 Å². The third kappa shape index (κ3) is 4.37. The Kier molecular flexibility index (Phi) is 5.58. The van der Waals surface area contributed by atoms with Gasteiger partial charge in [0.05, 0.1) is 11.5 Å². The van der Waals surface area contributed by atoms with Gasteiger partial charge in [-0.15, -0.1) is 0 Å². The second kappa shape index (κ2) is 7.84.